The Morgan fingerprint density at radius 3 is 2.58 bits per heavy atom. The number of carboxylic acid groups (broad SMARTS) is 1. The molecule has 1 aliphatic heterocycles. The lowest BCUT2D eigenvalue weighted by Crippen LogP contribution is -2.40. The molecule has 1 fully saturated rings. The SMILES string of the molecule is COc1cccc(C)c1C1=C(c2ccc(C=C3CN(CCCF)C3)cc2)c2ccc(C(=O)O)cc2CCC1. The molecule has 5 rings (SSSR count). The van der Waals surface area contributed by atoms with E-state index in [2.05, 4.69) is 48.2 Å². The van der Waals surface area contributed by atoms with Gasteiger partial charge in [0.1, 0.15) is 5.75 Å². The highest BCUT2D eigenvalue weighted by Gasteiger charge is 2.24. The van der Waals surface area contributed by atoms with Crippen LogP contribution in [0.5, 0.6) is 5.75 Å². The molecule has 38 heavy (non-hydrogen) atoms. The fourth-order valence-electron chi connectivity index (χ4n) is 5.74. The second kappa shape index (κ2) is 11.4. The van der Waals surface area contributed by atoms with Crippen molar-refractivity contribution in [2.75, 3.05) is 33.4 Å². The van der Waals surface area contributed by atoms with Gasteiger partial charge in [0.15, 0.2) is 0 Å². The molecule has 1 N–H and O–H groups in total. The van der Waals surface area contributed by atoms with Gasteiger partial charge in [-0.3, -0.25) is 9.29 Å². The molecule has 0 bridgehead atoms. The first-order chi connectivity index (χ1) is 18.5. The topological polar surface area (TPSA) is 49.8 Å². The number of halogens is 1. The van der Waals surface area contributed by atoms with Gasteiger partial charge in [-0.05, 0) is 95.3 Å². The van der Waals surface area contributed by atoms with E-state index in [4.69, 9.17) is 4.74 Å². The molecule has 2 aliphatic rings. The van der Waals surface area contributed by atoms with Crippen molar-refractivity contribution in [1.29, 1.82) is 0 Å². The molecule has 3 aromatic carbocycles. The summed E-state index contributed by atoms with van der Waals surface area (Å²) in [4.78, 5) is 14.0. The number of aryl methyl sites for hydroxylation is 2. The molecule has 5 heteroatoms. The predicted octanol–water partition coefficient (Wildman–Crippen LogP) is 7.06. The van der Waals surface area contributed by atoms with Gasteiger partial charge in [-0.25, -0.2) is 4.79 Å². The Morgan fingerprint density at radius 1 is 1.08 bits per heavy atom. The van der Waals surface area contributed by atoms with Crippen molar-refractivity contribution in [1.82, 2.24) is 4.90 Å². The summed E-state index contributed by atoms with van der Waals surface area (Å²) in [6.07, 6.45) is 5.44. The standard InChI is InChI=1S/C33H34FNO3/c1-22-6-3-9-30(38-2)31(22)29-8-4-7-26-19-27(33(36)37)14-15-28(26)32(29)25-12-10-23(11-13-25)18-24-20-35(21-24)17-5-16-34/h3,6,9-15,18-19H,4-5,7-8,16-17,20-21H2,1-2H3,(H,36,37). The van der Waals surface area contributed by atoms with Crippen LogP contribution in [-0.4, -0.2) is 49.4 Å². The Labute approximate surface area is 224 Å². The largest absolute Gasteiger partial charge is 0.496 e. The molecular weight excluding hydrogens is 477 g/mol. The first-order valence-corrected chi connectivity index (χ1v) is 13.3. The Hall–Kier alpha value is -3.70. The number of rotatable bonds is 8. The molecule has 3 aromatic rings. The summed E-state index contributed by atoms with van der Waals surface area (Å²) in [6.45, 7) is 4.48. The molecule has 0 radical (unpaired) electrons. The number of nitrogens with zero attached hydrogens (tertiary/aromatic N) is 1. The average Bonchev–Trinajstić information content (AvgIpc) is 3.09. The summed E-state index contributed by atoms with van der Waals surface area (Å²) in [5.41, 5.74) is 10.7. The van der Waals surface area contributed by atoms with Crippen molar-refractivity contribution in [3.05, 3.63) is 105 Å². The lowest BCUT2D eigenvalue weighted by Gasteiger charge is -2.33. The second-order valence-corrected chi connectivity index (χ2v) is 10.2. The molecular formula is C33H34FNO3. The first kappa shape index (κ1) is 25.9. The van der Waals surface area contributed by atoms with E-state index in [1.165, 1.54) is 11.1 Å². The fourth-order valence-corrected chi connectivity index (χ4v) is 5.74. The minimum absolute atomic E-state index is 0.260. The smallest absolute Gasteiger partial charge is 0.335 e. The maximum absolute atomic E-state index is 12.4. The normalized spacial score (nSPS) is 15.5. The summed E-state index contributed by atoms with van der Waals surface area (Å²) < 4.78 is 18.3. The van der Waals surface area contributed by atoms with E-state index in [0.717, 1.165) is 83.6 Å². The van der Waals surface area contributed by atoms with Crippen molar-refractivity contribution in [2.24, 2.45) is 0 Å². The summed E-state index contributed by atoms with van der Waals surface area (Å²) in [5, 5.41) is 9.61. The van der Waals surface area contributed by atoms with Crippen LogP contribution >= 0.6 is 0 Å². The number of methoxy groups -OCH3 is 1. The van der Waals surface area contributed by atoms with E-state index in [0.29, 0.717) is 12.0 Å². The van der Waals surface area contributed by atoms with Crippen LogP contribution in [0.25, 0.3) is 17.2 Å². The maximum atomic E-state index is 12.4. The van der Waals surface area contributed by atoms with Gasteiger partial charge < -0.3 is 9.84 Å². The fraction of sp³-hybridized carbons (Fsp3) is 0.303. The molecule has 0 aromatic heterocycles. The minimum Gasteiger partial charge on any atom is -0.496 e. The number of carboxylic acids is 1. The Kier molecular flexibility index (Phi) is 7.75. The molecule has 4 nitrogen and oxygen atoms in total. The number of benzene rings is 3. The number of ether oxygens (including phenoxy) is 1. The molecule has 0 spiro atoms. The van der Waals surface area contributed by atoms with Gasteiger partial charge in [0.25, 0.3) is 0 Å². The number of likely N-dealkylation sites (tertiary alicyclic amines) is 1. The van der Waals surface area contributed by atoms with Gasteiger partial charge in [0.2, 0.25) is 0 Å². The monoisotopic (exact) mass is 511 g/mol. The number of fused-ring (bicyclic) bond motifs is 1. The highest BCUT2D eigenvalue weighted by atomic mass is 19.1. The zero-order valence-corrected chi connectivity index (χ0v) is 22.1. The van der Waals surface area contributed by atoms with Crippen molar-refractivity contribution >= 4 is 23.2 Å². The van der Waals surface area contributed by atoms with E-state index in [1.807, 2.05) is 24.3 Å². The highest BCUT2D eigenvalue weighted by molar-refractivity contribution is 6.02. The number of allylic oxidation sites excluding steroid dienone is 1. The second-order valence-electron chi connectivity index (χ2n) is 10.2. The zero-order valence-electron chi connectivity index (χ0n) is 22.1. The lowest BCUT2D eigenvalue weighted by atomic mass is 9.85. The third kappa shape index (κ3) is 5.30. The van der Waals surface area contributed by atoms with Crippen LogP contribution in [0.2, 0.25) is 0 Å². The zero-order chi connectivity index (χ0) is 26.6. The highest BCUT2D eigenvalue weighted by Crippen LogP contribution is 2.43. The van der Waals surface area contributed by atoms with E-state index < -0.39 is 5.97 Å². The molecule has 1 saturated heterocycles. The number of hydrogen-bond acceptors (Lipinski definition) is 3. The van der Waals surface area contributed by atoms with E-state index >= 15 is 0 Å². The van der Waals surface area contributed by atoms with Crippen LogP contribution in [0.4, 0.5) is 4.39 Å². The van der Waals surface area contributed by atoms with Crippen LogP contribution in [-0.2, 0) is 6.42 Å². The Morgan fingerprint density at radius 2 is 1.87 bits per heavy atom. The molecule has 196 valence electrons. The predicted molar refractivity (Wildman–Crippen MR) is 151 cm³/mol. The maximum Gasteiger partial charge on any atom is 0.335 e. The molecule has 0 saturated carbocycles. The third-order valence-corrected chi connectivity index (χ3v) is 7.58. The van der Waals surface area contributed by atoms with Gasteiger partial charge in [-0.15, -0.1) is 0 Å². The molecule has 0 unspecified atom stereocenters. The number of aromatic carboxylic acids is 1. The van der Waals surface area contributed by atoms with Gasteiger partial charge in [-0.1, -0.05) is 48.5 Å². The van der Waals surface area contributed by atoms with Crippen LogP contribution in [0, 0.1) is 6.92 Å². The van der Waals surface area contributed by atoms with Crippen molar-refractivity contribution in [2.45, 2.75) is 32.6 Å². The summed E-state index contributed by atoms with van der Waals surface area (Å²) in [7, 11) is 1.71. The van der Waals surface area contributed by atoms with Crippen LogP contribution < -0.4 is 4.74 Å². The Balaban J connectivity index is 1.58. The van der Waals surface area contributed by atoms with Crippen molar-refractivity contribution in [3.8, 4) is 5.75 Å². The average molecular weight is 512 g/mol. The summed E-state index contributed by atoms with van der Waals surface area (Å²) in [5.74, 6) is -0.0493. The van der Waals surface area contributed by atoms with Gasteiger partial charge in [-0.2, -0.15) is 0 Å². The summed E-state index contributed by atoms with van der Waals surface area (Å²) in [6, 6.07) is 20.3. The van der Waals surface area contributed by atoms with Crippen molar-refractivity contribution in [3.63, 3.8) is 0 Å². The molecule has 0 atom stereocenters. The third-order valence-electron chi connectivity index (χ3n) is 7.58. The minimum atomic E-state index is -0.903. The Bertz CT molecular complexity index is 1400. The molecule has 1 heterocycles. The number of alkyl halides is 1. The number of hydrogen-bond donors (Lipinski definition) is 1. The van der Waals surface area contributed by atoms with E-state index in [9.17, 15) is 14.3 Å². The van der Waals surface area contributed by atoms with Crippen LogP contribution in [0.1, 0.15) is 63.0 Å². The van der Waals surface area contributed by atoms with Crippen LogP contribution in [0.3, 0.4) is 0 Å². The van der Waals surface area contributed by atoms with Gasteiger partial charge >= 0.3 is 5.97 Å². The van der Waals surface area contributed by atoms with Crippen LogP contribution in [0.15, 0.2) is 66.2 Å². The molecule has 0 amide bonds. The quantitative estimate of drug-likeness (QED) is 0.352. The summed E-state index contributed by atoms with van der Waals surface area (Å²) >= 11 is 0. The van der Waals surface area contributed by atoms with E-state index in [1.54, 1.807) is 13.2 Å². The van der Waals surface area contributed by atoms with Gasteiger partial charge in [0, 0.05) is 25.2 Å². The van der Waals surface area contributed by atoms with Gasteiger partial charge in [0.05, 0.1) is 19.3 Å². The van der Waals surface area contributed by atoms with E-state index in [-0.39, 0.29) is 6.67 Å². The first-order valence-electron chi connectivity index (χ1n) is 13.3. The lowest BCUT2D eigenvalue weighted by molar-refractivity contribution is 0.0696. The van der Waals surface area contributed by atoms with Crippen molar-refractivity contribution < 1.29 is 19.0 Å². The number of carbonyl (C=O) groups is 1. The molecule has 1 aliphatic carbocycles.